The van der Waals surface area contributed by atoms with Crippen LogP contribution in [-0.4, -0.2) is 38.2 Å². The Morgan fingerprint density at radius 2 is 1.71 bits per heavy atom. The molecular weight excluding hydrogens is 384 g/mol. The number of hydrogen-bond donors (Lipinski definition) is 1. The molecule has 0 aliphatic carbocycles. The van der Waals surface area contributed by atoms with Crippen LogP contribution in [0.15, 0.2) is 53.4 Å². The van der Waals surface area contributed by atoms with Crippen molar-refractivity contribution in [3.05, 3.63) is 59.7 Å². The van der Waals surface area contributed by atoms with Crippen LogP contribution in [-0.2, 0) is 30.9 Å². The first-order valence-electron chi connectivity index (χ1n) is 8.43. The molecule has 0 atom stereocenters. The van der Waals surface area contributed by atoms with Gasteiger partial charge in [0, 0.05) is 18.5 Å². The van der Waals surface area contributed by atoms with Gasteiger partial charge in [0.2, 0.25) is 11.8 Å². The lowest BCUT2D eigenvalue weighted by Gasteiger charge is -2.14. The van der Waals surface area contributed by atoms with Crippen molar-refractivity contribution in [2.24, 2.45) is 0 Å². The second-order valence-corrected chi connectivity index (χ2v) is 7.88. The second-order valence-electron chi connectivity index (χ2n) is 6.20. The Hall–Kier alpha value is -3.20. The van der Waals surface area contributed by atoms with Crippen molar-refractivity contribution < 1.29 is 27.5 Å². The zero-order valence-electron chi connectivity index (χ0n) is 15.0. The largest absolute Gasteiger partial charge is 0.465 e. The molecule has 0 spiro atoms. The molecule has 3 rings (SSSR count). The number of carbonyl (C=O) groups is 3. The predicted octanol–water partition coefficient (Wildman–Crippen LogP) is 1.92. The number of hydrogen-bond acceptors (Lipinski definition) is 6. The molecule has 1 aliphatic heterocycles. The number of sulfonamides is 1. The van der Waals surface area contributed by atoms with Crippen molar-refractivity contribution >= 4 is 33.5 Å². The van der Waals surface area contributed by atoms with Gasteiger partial charge >= 0.3 is 5.97 Å². The van der Waals surface area contributed by atoms with Gasteiger partial charge in [0.25, 0.3) is 10.0 Å². The molecule has 0 bridgehead atoms. The fourth-order valence-electron chi connectivity index (χ4n) is 2.78. The molecular formula is C19H18N2O6S. The lowest BCUT2D eigenvalue weighted by atomic mass is 10.2. The monoisotopic (exact) mass is 402 g/mol. The van der Waals surface area contributed by atoms with Crippen molar-refractivity contribution in [2.75, 3.05) is 11.8 Å². The summed E-state index contributed by atoms with van der Waals surface area (Å²) < 4.78 is 32.1. The van der Waals surface area contributed by atoms with Crippen LogP contribution in [0.3, 0.4) is 0 Å². The van der Waals surface area contributed by atoms with Crippen molar-refractivity contribution in [3.8, 4) is 0 Å². The van der Waals surface area contributed by atoms with E-state index < -0.39 is 16.0 Å². The first-order chi connectivity index (χ1) is 13.3. The summed E-state index contributed by atoms with van der Waals surface area (Å²) in [7, 11) is -2.69. The van der Waals surface area contributed by atoms with Crippen LogP contribution < -0.4 is 4.72 Å². The van der Waals surface area contributed by atoms with Crippen molar-refractivity contribution in [3.63, 3.8) is 0 Å². The topological polar surface area (TPSA) is 110 Å². The van der Waals surface area contributed by atoms with Gasteiger partial charge in [0.1, 0.15) is 0 Å². The molecule has 1 fully saturated rings. The van der Waals surface area contributed by atoms with Gasteiger partial charge in [-0.25, -0.2) is 13.2 Å². The summed E-state index contributed by atoms with van der Waals surface area (Å²) in [6, 6.07) is 11.9. The highest BCUT2D eigenvalue weighted by molar-refractivity contribution is 7.92. The summed E-state index contributed by atoms with van der Waals surface area (Å²) in [5.41, 5.74) is 1.14. The molecule has 0 aromatic heterocycles. The Bertz CT molecular complexity index is 1010. The summed E-state index contributed by atoms with van der Waals surface area (Å²) in [5, 5.41) is 0. The Balaban J connectivity index is 1.73. The first-order valence-corrected chi connectivity index (χ1v) is 9.92. The van der Waals surface area contributed by atoms with E-state index in [9.17, 15) is 22.8 Å². The number of methoxy groups -OCH3 is 1. The molecule has 0 radical (unpaired) electrons. The third-order valence-electron chi connectivity index (χ3n) is 4.27. The molecule has 1 aliphatic rings. The fraction of sp³-hybridized carbons (Fsp3) is 0.211. The van der Waals surface area contributed by atoms with Gasteiger partial charge in [-0.15, -0.1) is 0 Å². The van der Waals surface area contributed by atoms with Crippen LogP contribution in [0.1, 0.15) is 28.8 Å². The van der Waals surface area contributed by atoms with E-state index in [0.717, 1.165) is 0 Å². The summed E-state index contributed by atoms with van der Waals surface area (Å²) in [6.45, 7) is 0.159. The van der Waals surface area contributed by atoms with E-state index in [1.54, 1.807) is 24.3 Å². The van der Waals surface area contributed by atoms with E-state index in [1.807, 2.05) is 0 Å². The standard InChI is InChI=1S/C19H18N2O6S/c1-27-19(24)14-3-2-4-16(11-14)28(25,26)20-15-7-5-13(6-8-15)12-21-17(22)9-10-18(21)23/h2-8,11,20H,9-10,12H2,1H3. The minimum Gasteiger partial charge on any atom is -0.465 e. The van der Waals surface area contributed by atoms with Crippen LogP contribution in [0.4, 0.5) is 5.69 Å². The number of esters is 1. The minimum absolute atomic E-state index is 0.0762. The highest BCUT2D eigenvalue weighted by atomic mass is 32.2. The number of anilines is 1. The van der Waals surface area contributed by atoms with Crippen LogP contribution in [0.2, 0.25) is 0 Å². The Labute approximate surface area is 162 Å². The molecule has 0 unspecified atom stereocenters. The summed E-state index contributed by atoms with van der Waals surface area (Å²) in [4.78, 5) is 36.1. The zero-order valence-corrected chi connectivity index (χ0v) is 15.9. The highest BCUT2D eigenvalue weighted by Gasteiger charge is 2.28. The zero-order chi connectivity index (χ0) is 20.3. The summed E-state index contributed by atoms with van der Waals surface area (Å²) >= 11 is 0. The number of ether oxygens (including phenoxy) is 1. The smallest absolute Gasteiger partial charge is 0.337 e. The average molecular weight is 402 g/mol. The second kappa shape index (κ2) is 7.81. The van der Waals surface area contributed by atoms with E-state index in [0.29, 0.717) is 11.3 Å². The van der Waals surface area contributed by atoms with E-state index in [2.05, 4.69) is 9.46 Å². The molecule has 9 heteroatoms. The number of carbonyl (C=O) groups excluding carboxylic acids is 3. The molecule has 146 valence electrons. The molecule has 1 saturated heterocycles. The summed E-state index contributed by atoms with van der Waals surface area (Å²) in [6.07, 6.45) is 0.447. The number of nitrogens with one attached hydrogen (secondary N) is 1. The number of rotatable bonds is 6. The summed E-state index contributed by atoms with van der Waals surface area (Å²) in [5.74, 6) is -1.05. The molecule has 2 aromatic carbocycles. The quantitative estimate of drug-likeness (QED) is 0.584. The lowest BCUT2D eigenvalue weighted by molar-refractivity contribution is -0.139. The molecule has 0 saturated carbocycles. The third kappa shape index (κ3) is 4.20. The Morgan fingerprint density at radius 3 is 2.32 bits per heavy atom. The predicted molar refractivity (Wildman–Crippen MR) is 99.8 cm³/mol. The number of amides is 2. The maximum absolute atomic E-state index is 12.6. The first kappa shape index (κ1) is 19.6. The molecule has 1 N–H and O–H groups in total. The molecule has 2 amide bonds. The molecule has 28 heavy (non-hydrogen) atoms. The lowest BCUT2D eigenvalue weighted by Crippen LogP contribution is -2.28. The average Bonchev–Trinajstić information content (AvgIpc) is 3.00. The van der Waals surface area contributed by atoms with Crippen LogP contribution in [0.25, 0.3) is 0 Å². The van der Waals surface area contributed by atoms with Gasteiger partial charge in [0.15, 0.2) is 0 Å². The SMILES string of the molecule is COC(=O)c1cccc(S(=O)(=O)Nc2ccc(CN3C(=O)CCC3=O)cc2)c1. The van der Waals surface area contributed by atoms with Gasteiger partial charge in [-0.1, -0.05) is 18.2 Å². The van der Waals surface area contributed by atoms with Gasteiger partial charge in [0.05, 0.1) is 24.1 Å². The van der Waals surface area contributed by atoms with Crippen LogP contribution in [0.5, 0.6) is 0 Å². The van der Waals surface area contributed by atoms with Crippen LogP contribution >= 0.6 is 0 Å². The third-order valence-corrected chi connectivity index (χ3v) is 5.65. The normalized spacial score (nSPS) is 14.2. The van der Waals surface area contributed by atoms with E-state index in [1.165, 1.54) is 36.3 Å². The minimum atomic E-state index is -3.91. The van der Waals surface area contributed by atoms with E-state index >= 15 is 0 Å². The maximum Gasteiger partial charge on any atom is 0.337 e. The van der Waals surface area contributed by atoms with Gasteiger partial charge in [-0.3, -0.25) is 19.2 Å². The molecule has 1 heterocycles. The number of imide groups is 1. The maximum atomic E-state index is 12.6. The van der Waals surface area contributed by atoms with Gasteiger partial charge in [-0.2, -0.15) is 0 Å². The number of nitrogens with zero attached hydrogens (tertiary/aromatic N) is 1. The highest BCUT2D eigenvalue weighted by Crippen LogP contribution is 2.20. The Kier molecular flexibility index (Phi) is 5.46. The number of benzene rings is 2. The van der Waals surface area contributed by atoms with Crippen molar-refractivity contribution in [2.45, 2.75) is 24.3 Å². The Morgan fingerprint density at radius 1 is 1.07 bits per heavy atom. The molecule has 8 nitrogen and oxygen atoms in total. The van der Waals surface area contributed by atoms with Crippen molar-refractivity contribution in [1.29, 1.82) is 0 Å². The fourth-order valence-corrected chi connectivity index (χ4v) is 3.89. The van der Waals surface area contributed by atoms with E-state index in [4.69, 9.17) is 0 Å². The van der Waals surface area contributed by atoms with Crippen LogP contribution in [0, 0.1) is 0 Å². The molecule has 2 aromatic rings. The van der Waals surface area contributed by atoms with E-state index in [-0.39, 0.29) is 41.7 Å². The number of likely N-dealkylation sites (tertiary alicyclic amines) is 1. The van der Waals surface area contributed by atoms with Crippen molar-refractivity contribution in [1.82, 2.24) is 4.90 Å². The van der Waals surface area contributed by atoms with Gasteiger partial charge < -0.3 is 4.74 Å². The van der Waals surface area contributed by atoms with Gasteiger partial charge in [-0.05, 0) is 35.9 Å².